The normalized spacial score (nSPS) is 11.2. The zero-order valence-corrected chi connectivity index (χ0v) is 11.6. The molecule has 2 rings (SSSR count). The maximum absolute atomic E-state index is 11.1. The number of carboxylic acids is 1. The van der Waals surface area contributed by atoms with Crippen molar-refractivity contribution >= 4 is 17.4 Å². The molecule has 0 saturated heterocycles. The Morgan fingerprint density at radius 2 is 1.95 bits per heavy atom. The molecule has 0 radical (unpaired) electrons. The number of hydrogen-bond acceptors (Lipinski definition) is 4. The van der Waals surface area contributed by atoms with Gasteiger partial charge in [0.05, 0.1) is 0 Å². The molecule has 108 valence electrons. The highest BCUT2D eigenvalue weighted by Crippen LogP contribution is 2.21. The second-order valence-electron chi connectivity index (χ2n) is 4.40. The summed E-state index contributed by atoms with van der Waals surface area (Å²) in [5.41, 5.74) is 7.46. The van der Waals surface area contributed by atoms with Gasteiger partial charge in [-0.25, -0.2) is 4.79 Å². The molecule has 0 unspecified atom stereocenters. The number of carbonyl (C=O) groups is 1. The summed E-state index contributed by atoms with van der Waals surface area (Å²) in [5, 5.41) is 9.12. The van der Waals surface area contributed by atoms with Crippen LogP contribution in [-0.4, -0.2) is 23.8 Å². The minimum Gasteiger partial charge on any atom is -0.489 e. The molecule has 5 heteroatoms. The number of anilines is 1. The number of hydrogen-bond donors (Lipinski definition) is 2. The van der Waals surface area contributed by atoms with Crippen LogP contribution >= 0.6 is 0 Å². The van der Waals surface area contributed by atoms with E-state index in [0.717, 1.165) is 5.56 Å². The Bertz CT molecular complexity index is 666. The number of ether oxygens (including phenoxy) is 1. The van der Waals surface area contributed by atoms with Gasteiger partial charge in [-0.1, -0.05) is 30.3 Å². The molecular weight excluding hydrogens is 268 g/mol. The smallest absolute Gasteiger partial charge is 0.354 e. The van der Waals surface area contributed by atoms with Gasteiger partial charge in [0.2, 0.25) is 0 Å². The van der Waals surface area contributed by atoms with E-state index in [-0.39, 0.29) is 5.71 Å². The first-order valence-corrected chi connectivity index (χ1v) is 6.38. The summed E-state index contributed by atoms with van der Waals surface area (Å²) in [6.45, 7) is 0.399. The number of nitrogens with two attached hydrogens (primary N) is 1. The molecule has 0 aliphatic heterocycles. The number of rotatable bonds is 5. The number of nitrogens with zero attached hydrogens (tertiary/aromatic N) is 1. The Kier molecular flexibility index (Phi) is 4.56. The fraction of sp³-hybridized carbons (Fsp3) is 0.125. The van der Waals surface area contributed by atoms with E-state index in [2.05, 4.69) is 4.99 Å². The number of nitrogen functional groups attached to an aromatic ring is 1. The predicted molar refractivity (Wildman–Crippen MR) is 81.7 cm³/mol. The lowest BCUT2D eigenvalue weighted by Gasteiger charge is -2.10. The van der Waals surface area contributed by atoms with E-state index in [1.807, 2.05) is 30.3 Å². The Hall–Kier alpha value is -2.82. The van der Waals surface area contributed by atoms with Gasteiger partial charge >= 0.3 is 5.97 Å². The Balaban J connectivity index is 2.21. The van der Waals surface area contributed by atoms with Gasteiger partial charge in [-0.15, -0.1) is 0 Å². The summed E-state index contributed by atoms with van der Waals surface area (Å²) in [5.74, 6) is -0.574. The van der Waals surface area contributed by atoms with E-state index in [4.69, 9.17) is 15.6 Å². The molecule has 3 N–H and O–H groups in total. The zero-order valence-electron chi connectivity index (χ0n) is 11.6. The summed E-state index contributed by atoms with van der Waals surface area (Å²) in [4.78, 5) is 14.9. The molecule has 2 aromatic carbocycles. The van der Waals surface area contributed by atoms with Gasteiger partial charge in [0.1, 0.15) is 12.4 Å². The van der Waals surface area contributed by atoms with Crippen molar-refractivity contribution in [1.82, 2.24) is 0 Å². The molecule has 0 amide bonds. The number of carboxylic acid groups (broad SMARTS) is 1. The maximum atomic E-state index is 11.1. The third-order valence-corrected chi connectivity index (χ3v) is 2.95. The lowest BCUT2D eigenvalue weighted by Crippen LogP contribution is -2.16. The monoisotopic (exact) mass is 284 g/mol. The van der Waals surface area contributed by atoms with Crippen molar-refractivity contribution in [3.05, 3.63) is 59.7 Å². The van der Waals surface area contributed by atoms with Crippen molar-refractivity contribution in [3.8, 4) is 5.75 Å². The van der Waals surface area contributed by atoms with Crippen molar-refractivity contribution < 1.29 is 14.6 Å². The summed E-state index contributed by atoms with van der Waals surface area (Å²) < 4.78 is 5.66. The number of aliphatic carboxylic acids is 1. The molecule has 0 aliphatic rings. The van der Waals surface area contributed by atoms with Crippen LogP contribution in [0.15, 0.2) is 53.5 Å². The standard InChI is InChI=1S/C16H16N2O3/c1-18-15(16(19)20)13-9-12(7-8-14(13)17)21-10-11-5-3-2-4-6-11/h2-9H,10,17H2,1H3,(H,19,20). The minimum atomic E-state index is -1.12. The third kappa shape index (κ3) is 3.60. The first-order valence-electron chi connectivity index (χ1n) is 6.38. The van der Waals surface area contributed by atoms with Gasteiger partial charge in [-0.2, -0.15) is 0 Å². The number of aliphatic imine (C=N–C) groups is 1. The van der Waals surface area contributed by atoms with Crippen LogP contribution in [0, 0.1) is 0 Å². The Morgan fingerprint density at radius 3 is 2.57 bits per heavy atom. The summed E-state index contributed by atoms with van der Waals surface area (Å²) in [6, 6.07) is 14.6. The molecular formula is C16H16N2O3. The van der Waals surface area contributed by atoms with E-state index < -0.39 is 5.97 Å². The molecule has 0 atom stereocenters. The molecule has 0 aliphatic carbocycles. The lowest BCUT2D eigenvalue weighted by atomic mass is 10.1. The summed E-state index contributed by atoms with van der Waals surface area (Å²) in [7, 11) is 1.42. The van der Waals surface area contributed by atoms with Crippen LogP contribution in [-0.2, 0) is 11.4 Å². The van der Waals surface area contributed by atoms with Gasteiger partial charge in [0.25, 0.3) is 0 Å². The summed E-state index contributed by atoms with van der Waals surface area (Å²) in [6.07, 6.45) is 0. The largest absolute Gasteiger partial charge is 0.489 e. The average Bonchev–Trinajstić information content (AvgIpc) is 2.49. The fourth-order valence-electron chi connectivity index (χ4n) is 1.90. The second kappa shape index (κ2) is 6.56. The van der Waals surface area contributed by atoms with Gasteiger partial charge in [0, 0.05) is 18.3 Å². The van der Waals surface area contributed by atoms with Crippen molar-refractivity contribution in [3.63, 3.8) is 0 Å². The van der Waals surface area contributed by atoms with Crippen LogP contribution in [0.3, 0.4) is 0 Å². The van der Waals surface area contributed by atoms with Crippen molar-refractivity contribution in [2.24, 2.45) is 4.99 Å². The first kappa shape index (κ1) is 14.6. The average molecular weight is 284 g/mol. The Morgan fingerprint density at radius 1 is 1.24 bits per heavy atom. The van der Waals surface area contributed by atoms with E-state index in [1.54, 1.807) is 18.2 Å². The van der Waals surface area contributed by atoms with Crippen molar-refractivity contribution in [1.29, 1.82) is 0 Å². The fourth-order valence-corrected chi connectivity index (χ4v) is 1.90. The van der Waals surface area contributed by atoms with Crippen LogP contribution in [0.25, 0.3) is 0 Å². The predicted octanol–water partition coefficient (Wildman–Crippen LogP) is 2.35. The van der Waals surface area contributed by atoms with Gasteiger partial charge in [0.15, 0.2) is 5.71 Å². The van der Waals surface area contributed by atoms with E-state index in [0.29, 0.717) is 23.6 Å². The van der Waals surface area contributed by atoms with Gasteiger partial charge < -0.3 is 15.6 Å². The highest BCUT2D eigenvalue weighted by atomic mass is 16.5. The van der Waals surface area contributed by atoms with E-state index >= 15 is 0 Å². The van der Waals surface area contributed by atoms with E-state index in [9.17, 15) is 4.79 Å². The molecule has 21 heavy (non-hydrogen) atoms. The molecule has 0 aromatic heterocycles. The van der Waals surface area contributed by atoms with Crippen molar-refractivity contribution in [2.45, 2.75) is 6.61 Å². The third-order valence-electron chi connectivity index (χ3n) is 2.95. The van der Waals surface area contributed by atoms with Crippen LogP contribution < -0.4 is 10.5 Å². The van der Waals surface area contributed by atoms with Crippen LogP contribution in [0.2, 0.25) is 0 Å². The topological polar surface area (TPSA) is 84.9 Å². The minimum absolute atomic E-state index is 0.0855. The Labute approximate surface area is 122 Å². The molecule has 2 aromatic rings. The lowest BCUT2D eigenvalue weighted by molar-refractivity contribution is -0.129. The van der Waals surface area contributed by atoms with Crippen molar-refractivity contribution in [2.75, 3.05) is 12.8 Å². The highest BCUT2D eigenvalue weighted by molar-refractivity contribution is 6.43. The molecule has 5 nitrogen and oxygen atoms in total. The van der Waals surface area contributed by atoms with E-state index in [1.165, 1.54) is 7.05 Å². The SMILES string of the molecule is CN=C(C(=O)O)c1cc(OCc2ccccc2)ccc1N. The van der Waals surface area contributed by atoms with Gasteiger partial charge in [-0.3, -0.25) is 4.99 Å². The molecule has 0 spiro atoms. The summed E-state index contributed by atoms with van der Waals surface area (Å²) >= 11 is 0. The zero-order chi connectivity index (χ0) is 15.2. The van der Waals surface area contributed by atoms with Gasteiger partial charge in [-0.05, 0) is 23.8 Å². The molecule has 0 bridgehead atoms. The maximum Gasteiger partial charge on any atom is 0.354 e. The quantitative estimate of drug-likeness (QED) is 0.652. The molecule has 0 heterocycles. The first-order chi connectivity index (χ1) is 10.1. The van der Waals surface area contributed by atoms with Crippen LogP contribution in [0.1, 0.15) is 11.1 Å². The number of benzene rings is 2. The highest BCUT2D eigenvalue weighted by Gasteiger charge is 2.15. The van der Waals surface area contributed by atoms with Crippen LogP contribution in [0.5, 0.6) is 5.75 Å². The molecule has 0 fully saturated rings. The van der Waals surface area contributed by atoms with Crippen LogP contribution in [0.4, 0.5) is 5.69 Å². The molecule has 0 saturated carbocycles. The second-order valence-corrected chi connectivity index (χ2v) is 4.40.